The average Bonchev–Trinajstić information content (AvgIpc) is 2.16. The predicted octanol–water partition coefficient (Wildman–Crippen LogP) is -0.287. The Morgan fingerprint density at radius 3 is 3.08 bits per heavy atom. The zero-order chi connectivity index (χ0) is 9.26. The molecule has 5 heteroatoms. The van der Waals surface area contributed by atoms with E-state index in [0.717, 1.165) is 30.8 Å². The Hall–Kier alpha value is -1.36. The van der Waals surface area contributed by atoms with Crippen molar-refractivity contribution in [2.45, 2.75) is 13.0 Å². The molecule has 1 aromatic rings. The highest BCUT2D eigenvalue weighted by Gasteiger charge is 2.16. The van der Waals surface area contributed by atoms with Crippen molar-refractivity contribution in [3.8, 4) is 5.88 Å². The van der Waals surface area contributed by atoms with E-state index in [9.17, 15) is 0 Å². The molecule has 0 fully saturated rings. The first-order valence-corrected chi connectivity index (χ1v) is 4.21. The molecule has 1 aromatic heterocycles. The smallest absolute Gasteiger partial charge is 0.223 e. The topological polar surface area (TPSA) is 73.1 Å². The van der Waals surface area contributed by atoms with Gasteiger partial charge in [-0.1, -0.05) is 0 Å². The normalized spacial score (nSPS) is 15.2. The van der Waals surface area contributed by atoms with E-state index in [1.165, 1.54) is 0 Å². The number of anilines is 1. The molecule has 2 rings (SSSR count). The SMILES string of the molecule is COc1nc(N)nc2c1CNCC2. The molecule has 0 atom stereocenters. The fourth-order valence-electron chi connectivity index (χ4n) is 1.50. The fourth-order valence-corrected chi connectivity index (χ4v) is 1.50. The van der Waals surface area contributed by atoms with Crippen molar-refractivity contribution in [1.82, 2.24) is 15.3 Å². The molecule has 0 amide bonds. The summed E-state index contributed by atoms with van der Waals surface area (Å²) in [6.07, 6.45) is 0.887. The molecule has 0 saturated heterocycles. The zero-order valence-corrected chi connectivity index (χ0v) is 7.50. The molecule has 0 radical (unpaired) electrons. The van der Waals surface area contributed by atoms with Gasteiger partial charge in [-0.15, -0.1) is 0 Å². The third-order valence-corrected chi connectivity index (χ3v) is 2.11. The number of nitrogens with two attached hydrogens (primary N) is 1. The molecule has 1 aliphatic rings. The molecule has 0 spiro atoms. The van der Waals surface area contributed by atoms with E-state index >= 15 is 0 Å². The minimum atomic E-state index is 0.289. The molecule has 1 aliphatic heterocycles. The molecule has 70 valence electrons. The molecule has 2 heterocycles. The molecular weight excluding hydrogens is 168 g/mol. The van der Waals surface area contributed by atoms with Crippen molar-refractivity contribution in [3.63, 3.8) is 0 Å². The van der Waals surface area contributed by atoms with Gasteiger partial charge >= 0.3 is 0 Å². The van der Waals surface area contributed by atoms with Crippen molar-refractivity contribution in [2.75, 3.05) is 19.4 Å². The van der Waals surface area contributed by atoms with Crippen molar-refractivity contribution in [2.24, 2.45) is 0 Å². The Morgan fingerprint density at radius 2 is 2.31 bits per heavy atom. The van der Waals surface area contributed by atoms with Gasteiger partial charge in [0.25, 0.3) is 0 Å². The highest BCUT2D eigenvalue weighted by Crippen LogP contribution is 2.21. The third-order valence-electron chi connectivity index (χ3n) is 2.11. The van der Waals surface area contributed by atoms with Gasteiger partial charge in [0.1, 0.15) is 0 Å². The number of fused-ring (bicyclic) bond motifs is 1. The second kappa shape index (κ2) is 3.18. The maximum absolute atomic E-state index is 5.54. The average molecular weight is 180 g/mol. The fraction of sp³-hybridized carbons (Fsp3) is 0.500. The van der Waals surface area contributed by atoms with Gasteiger partial charge < -0.3 is 15.8 Å². The maximum Gasteiger partial charge on any atom is 0.223 e. The lowest BCUT2D eigenvalue weighted by atomic mass is 10.1. The standard InChI is InChI=1S/C8H12N4O/c1-13-7-5-4-10-3-2-6(5)11-8(9)12-7/h10H,2-4H2,1H3,(H2,9,11,12). The first-order valence-electron chi connectivity index (χ1n) is 4.21. The lowest BCUT2D eigenvalue weighted by Gasteiger charge is -2.17. The lowest BCUT2D eigenvalue weighted by molar-refractivity contribution is 0.386. The maximum atomic E-state index is 5.54. The Morgan fingerprint density at radius 1 is 1.46 bits per heavy atom. The number of ether oxygens (including phenoxy) is 1. The molecule has 0 aromatic carbocycles. The predicted molar refractivity (Wildman–Crippen MR) is 48.4 cm³/mol. The van der Waals surface area contributed by atoms with Crippen LogP contribution in [0.25, 0.3) is 0 Å². The van der Waals surface area contributed by atoms with Gasteiger partial charge in [-0.25, -0.2) is 4.98 Å². The van der Waals surface area contributed by atoms with Gasteiger partial charge in [0, 0.05) is 25.1 Å². The van der Waals surface area contributed by atoms with E-state index in [4.69, 9.17) is 10.5 Å². The first-order chi connectivity index (χ1) is 6.31. The monoisotopic (exact) mass is 180 g/mol. The summed E-state index contributed by atoms with van der Waals surface area (Å²) in [6, 6.07) is 0. The minimum Gasteiger partial charge on any atom is -0.481 e. The zero-order valence-electron chi connectivity index (χ0n) is 7.50. The van der Waals surface area contributed by atoms with Crippen LogP contribution >= 0.6 is 0 Å². The third kappa shape index (κ3) is 1.42. The number of hydrogen-bond acceptors (Lipinski definition) is 5. The number of nitrogens with one attached hydrogen (secondary N) is 1. The van der Waals surface area contributed by atoms with Crippen molar-refractivity contribution < 1.29 is 4.74 Å². The van der Waals surface area contributed by atoms with Gasteiger partial charge in [-0.2, -0.15) is 4.98 Å². The van der Waals surface area contributed by atoms with E-state index in [-0.39, 0.29) is 5.95 Å². The van der Waals surface area contributed by atoms with Gasteiger partial charge in [0.2, 0.25) is 11.8 Å². The number of nitrogens with zero attached hydrogens (tertiary/aromatic N) is 2. The highest BCUT2D eigenvalue weighted by atomic mass is 16.5. The molecular formula is C8H12N4O. The summed E-state index contributed by atoms with van der Waals surface area (Å²) in [6.45, 7) is 1.70. The summed E-state index contributed by atoms with van der Waals surface area (Å²) in [7, 11) is 1.59. The second-order valence-corrected chi connectivity index (χ2v) is 2.94. The van der Waals surface area contributed by atoms with Gasteiger partial charge in [0.15, 0.2) is 0 Å². The summed E-state index contributed by atoms with van der Waals surface area (Å²) in [4.78, 5) is 8.18. The van der Waals surface area contributed by atoms with Crippen molar-refractivity contribution in [1.29, 1.82) is 0 Å². The van der Waals surface area contributed by atoms with Crippen LogP contribution < -0.4 is 15.8 Å². The van der Waals surface area contributed by atoms with Crippen LogP contribution in [-0.2, 0) is 13.0 Å². The van der Waals surface area contributed by atoms with Crippen LogP contribution in [0, 0.1) is 0 Å². The van der Waals surface area contributed by atoms with E-state index in [2.05, 4.69) is 15.3 Å². The highest BCUT2D eigenvalue weighted by molar-refractivity contribution is 5.37. The number of methoxy groups -OCH3 is 1. The Bertz CT molecular complexity index is 309. The lowest BCUT2D eigenvalue weighted by Crippen LogP contribution is -2.26. The molecule has 5 nitrogen and oxygen atoms in total. The summed E-state index contributed by atoms with van der Waals surface area (Å²) in [5, 5.41) is 3.23. The summed E-state index contributed by atoms with van der Waals surface area (Å²) in [5.41, 5.74) is 7.57. The van der Waals surface area contributed by atoms with E-state index in [1.807, 2.05) is 0 Å². The van der Waals surface area contributed by atoms with Crippen LogP contribution in [-0.4, -0.2) is 23.6 Å². The molecule has 0 unspecified atom stereocenters. The molecule has 0 saturated carbocycles. The van der Waals surface area contributed by atoms with Crippen LogP contribution in [0.3, 0.4) is 0 Å². The van der Waals surface area contributed by atoms with Gasteiger partial charge in [0.05, 0.1) is 12.8 Å². The second-order valence-electron chi connectivity index (χ2n) is 2.94. The van der Waals surface area contributed by atoms with Crippen LogP contribution in [0.4, 0.5) is 5.95 Å². The Labute approximate surface area is 76.3 Å². The number of hydrogen-bond donors (Lipinski definition) is 2. The van der Waals surface area contributed by atoms with Crippen molar-refractivity contribution >= 4 is 5.95 Å². The van der Waals surface area contributed by atoms with Gasteiger partial charge in [-0.05, 0) is 0 Å². The minimum absolute atomic E-state index is 0.289. The van der Waals surface area contributed by atoms with E-state index in [1.54, 1.807) is 7.11 Å². The van der Waals surface area contributed by atoms with Crippen LogP contribution in [0.15, 0.2) is 0 Å². The Kier molecular flexibility index (Phi) is 2.02. The first kappa shape index (κ1) is 8.25. The molecule has 13 heavy (non-hydrogen) atoms. The Balaban J connectivity index is 2.50. The van der Waals surface area contributed by atoms with Crippen LogP contribution in [0.1, 0.15) is 11.3 Å². The molecule has 0 bridgehead atoms. The number of nitrogen functional groups attached to an aromatic ring is 1. The number of rotatable bonds is 1. The quantitative estimate of drug-likeness (QED) is 0.621. The largest absolute Gasteiger partial charge is 0.481 e. The summed E-state index contributed by atoms with van der Waals surface area (Å²) < 4.78 is 5.12. The van der Waals surface area contributed by atoms with E-state index in [0.29, 0.717) is 5.88 Å². The van der Waals surface area contributed by atoms with Gasteiger partial charge in [-0.3, -0.25) is 0 Å². The molecule has 0 aliphatic carbocycles. The summed E-state index contributed by atoms with van der Waals surface area (Å²) >= 11 is 0. The summed E-state index contributed by atoms with van der Waals surface area (Å²) in [5.74, 6) is 0.882. The number of aromatic nitrogens is 2. The van der Waals surface area contributed by atoms with Crippen molar-refractivity contribution in [3.05, 3.63) is 11.3 Å². The van der Waals surface area contributed by atoms with E-state index < -0.39 is 0 Å². The van der Waals surface area contributed by atoms with Crippen LogP contribution in [0.2, 0.25) is 0 Å². The van der Waals surface area contributed by atoms with Crippen LogP contribution in [0.5, 0.6) is 5.88 Å². The molecule has 3 N–H and O–H groups in total.